The molecule has 1 fully saturated rings. The van der Waals surface area contributed by atoms with Gasteiger partial charge in [0.25, 0.3) is 10.0 Å². The summed E-state index contributed by atoms with van der Waals surface area (Å²) >= 11 is 0. The number of aryl methyl sites for hydroxylation is 1. The lowest BCUT2D eigenvalue weighted by molar-refractivity contribution is -0.137. The summed E-state index contributed by atoms with van der Waals surface area (Å²) < 4.78 is 67.6. The molecule has 1 aromatic heterocycles. The van der Waals surface area contributed by atoms with E-state index in [-0.39, 0.29) is 16.9 Å². The highest BCUT2D eigenvalue weighted by Crippen LogP contribution is 2.38. The first-order valence-electron chi connectivity index (χ1n) is 11.7. The number of nitriles is 2. The molecule has 4 rings (SSSR count). The minimum absolute atomic E-state index is 0.0374. The van der Waals surface area contributed by atoms with E-state index in [0.717, 1.165) is 23.8 Å². The van der Waals surface area contributed by atoms with Crippen LogP contribution >= 0.6 is 0 Å². The number of sulfonamides is 1. The Morgan fingerprint density at radius 2 is 1.68 bits per heavy atom. The van der Waals surface area contributed by atoms with Crippen molar-refractivity contribution in [3.63, 3.8) is 0 Å². The molecule has 0 unspecified atom stereocenters. The second kappa shape index (κ2) is 9.99. The molecule has 1 aliphatic rings. The number of nitrogens with zero attached hydrogens (tertiary/aromatic N) is 4. The fourth-order valence-corrected chi connectivity index (χ4v) is 5.93. The number of rotatable bonds is 5. The van der Waals surface area contributed by atoms with Crippen molar-refractivity contribution < 1.29 is 21.6 Å². The van der Waals surface area contributed by atoms with Gasteiger partial charge in [-0.3, -0.25) is 4.72 Å². The number of hydrogen-bond acceptors (Lipinski definition) is 6. The van der Waals surface area contributed by atoms with Gasteiger partial charge in [0.2, 0.25) is 0 Å². The van der Waals surface area contributed by atoms with E-state index in [4.69, 9.17) is 0 Å². The normalized spacial score (nSPS) is 15.4. The van der Waals surface area contributed by atoms with Gasteiger partial charge in [0.15, 0.2) is 0 Å². The Hall–Kier alpha value is -4.09. The van der Waals surface area contributed by atoms with Crippen LogP contribution in [0, 0.1) is 36.5 Å². The zero-order valence-corrected chi connectivity index (χ0v) is 21.5. The summed E-state index contributed by atoms with van der Waals surface area (Å²) in [6.07, 6.45) is -3.67. The number of anilines is 2. The maximum atomic E-state index is 13.1. The molecule has 0 amide bonds. The van der Waals surface area contributed by atoms with E-state index in [2.05, 4.69) is 21.8 Å². The zero-order chi connectivity index (χ0) is 27.7. The van der Waals surface area contributed by atoms with Gasteiger partial charge in [-0.05, 0) is 56.0 Å². The van der Waals surface area contributed by atoms with Crippen LogP contribution in [-0.4, -0.2) is 26.5 Å². The number of aromatic nitrogens is 1. The highest BCUT2D eigenvalue weighted by Gasteiger charge is 2.38. The predicted molar refractivity (Wildman–Crippen MR) is 136 cm³/mol. The van der Waals surface area contributed by atoms with Crippen LogP contribution in [0.1, 0.15) is 40.8 Å². The lowest BCUT2D eigenvalue weighted by Crippen LogP contribution is -2.42. The summed E-state index contributed by atoms with van der Waals surface area (Å²) in [5.74, 6) is 0.379. The topological polar surface area (TPSA) is 110 Å². The van der Waals surface area contributed by atoms with Gasteiger partial charge in [0.1, 0.15) is 11.9 Å². The van der Waals surface area contributed by atoms with Crippen molar-refractivity contribution in [2.45, 2.75) is 43.2 Å². The molecule has 196 valence electrons. The molecule has 1 saturated heterocycles. The number of pyridine rings is 1. The molecule has 7 nitrogen and oxygen atoms in total. The van der Waals surface area contributed by atoms with E-state index in [1.807, 2.05) is 35.2 Å². The average Bonchev–Trinajstić information content (AvgIpc) is 2.91. The van der Waals surface area contributed by atoms with Crippen LogP contribution in [0.5, 0.6) is 0 Å². The standard InChI is InChI=1S/C27H24F3N5O2S/c1-18-23(16-31)25(35-13-11-26(17-32,12-14-35)20-7-4-3-5-8-20)33-19(2)24(18)34-38(36,37)22-10-6-9-21(15-22)27(28,29)30/h3-10,15,34H,11-14H2,1-2H3. The molecule has 38 heavy (non-hydrogen) atoms. The highest BCUT2D eigenvalue weighted by molar-refractivity contribution is 7.92. The van der Waals surface area contributed by atoms with Crippen molar-refractivity contribution >= 4 is 21.5 Å². The number of halogens is 3. The van der Waals surface area contributed by atoms with Gasteiger partial charge >= 0.3 is 6.18 Å². The maximum Gasteiger partial charge on any atom is 0.416 e. The van der Waals surface area contributed by atoms with Crippen molar-refractivity contribution in [1.29, 1.82) is 10.5 Å². The number of alkyl halides is 3. The fraction of sp³-hybridized carbons (Fsp3) is 0.296. The molecule has 0 bridgehead atoms. The van der Waals surface area contributed by atoms with E-state index in [9.17, 15) is 32.1 Å². The third-order valence-corrected chi connectivity index (χ3v) is 8.23. The summed E-state index contributed by atoms with van der Waals surface area (Å²) in [5.41, 5.74) is -0.0407. The Kier molecular flexibility index (Phi) is 7.09. The van der Waals surface area contributed by atoms with Crippen molar-refractivity contribution in [3.8, 4) is 12.1 Å². The van der Waals surface area contributed by atoms with Crippen LogP contribution < -0.4 is 9.62 Å². The van der Waals surface area contributed by atoms with Crippen LogP contribution in [0.2, 0.25) is 0 Å². The summed E-state index contributed by atoms with van der Waals surface area (Å²) in [4.78, 5) is 5.87. The van der Waals surface area contributed by atoms with Gasteiger partial charge in [-0.1, -0.05) is 36.4 Å². The van der Waals surface area contributed by atoms with Crippen molar-refractivity contribution in [2.24, 2.45) is 0 Å². The van der Waals surface area contributed by atoms with E-state index in [1.54, 1.807) is 13.8 Å². The molecule has 3 aromatic rings. The monoisotopic (exact) mass is 539 g/mol. The Balaban J connectivity index is 1.64. The number of piperidine rings is 1. The smallest absolute Gasteiger partial charge is 0.355 e. The first-order valence-corrected chi connectivity index (χ1v) is 13.2. The Labute approximate surface area is 219 Å². The largest absolute Gasteiger partial charge is 0.416 e. The van der Waals surface area contributed by atoms with Crippen LogP contribution in [0.15, 0.2) is 59.5 Å². The first kappa shape index (κ1) is 27.0. The minimum Gasteiger partial charge on any atom is -0.355 e. The van der Waals surface area contributed by atoms with Gasteiger partial charge in [0, 0.05) is 13.1 Å². The highest BCUT2D eigenvalue weighted by atomic mass is 32.2. The molecular weight excluding hydrogens is 515 g/mol. The molecule has 1 N–H and O–H groups in total. The number of hydrogen-bond donors (Lipinski definition) is 1. The van der Waals surface area contributed by atoms with Gasteiger partial charge in [0.05, 0.1) is 38.9 Å². The van der Waals surface area contributed by atoms with Gasteiger partial charge in [-0.2, -0.15) is 23.7 Å². The predicted octanol–water partition coefficient (Wildman–Crippen LogP) is 5.45. The van der Waals surface area contributed by atoms with Crippen LogP contribution in [-0.2, 0) is 21.6 Å². The van der Waals surface area contributed by atoms with Crippen molar-refractivity contribution in [1.82, 2.24) is 4.98 Å². The SMILES string of the molecule is Cc1nc(N2CCC(C#N)(c3ccccc3)CC2)c(C#N)c(C)c1NS(=O)(=O)c1cccc(C(F)(F)F)c1. The Morgan fingerprint density at radius 1 is 1.03 bits per heavy atom. The van der Waals surface area contributed by atoms with Crippen LogP contribution in [0.3, 0.4) is 0 Å². The molecule has 0 atom stereocenters. The van der Waals surface area contributed by atoms with Crippen molar-refractivity contribution in [2.75, 3.05) is 22.7 Å². The molecule has 1 aliphatic heterocycles. The van der Waals surface area contributed by atoms with E-state index >= 15 is 0 Å². The van der Waals surface area contributed by atoms with Crippen molar-refractivity contribution in [3.05, 3.63) is 82.5 Å². The van der Waals surface area contributed by atoms with Crippen LogP contribution in [0.25, 0.3) is 0 Å². The first-order chi connectivity index (χ1) is 17.9. The van der Waals surface area contributed by atoms with Crippen LogP contribution in [0.4, 0.5) is 24.7 Å². The molecule has 0 aliphatic carbocycles. The van der Waals surface area contributed by atoms with Gasteiger partial charge in [-0.25, -0.2) is 13.4 Å². The molecular formula is C27H24F3N5O2S. The minimum atomic E-state index is -4.70. The third kappa shape index (κ3) is 5.02. The number of nitrogens with one attached hydrogen (secondary N) is 1. The van der Waals surface area contributed by atoms with E-state index in [0.29, 0.717) is 43.4 Å². The molecule has 0 radical (unpaired) electrons. The quantitative estimate of drug-likeness (QED) is 0.462. The summed E-state index contributed by atoms with van der Waals surface area (Å²) in [5, 5.41) is 19.9. The summed E-state index contributed by atoms with van der Waals surface area (Å²) in [7, 11) is -4.40. The lowest BCUT2D eigenvalue weighted by Gasteiger charge is -2.38. The fourth-order valence-electron chi connectivity index (χ4n) is 4.70. The summed E-state index contributed by atoms with van der Waals surface area (Å²) in [6, 6.07) is 17.5. The molecule has 0 saturated carbocycles. The molecule has 0 spiro atoms. The molecule has 2 aromatic carbocycles. The second-order valence-electron chi connectivity index (χ2n) is 9.19. The lowest BCUT2D eigenvalue weighted by atomic mass is 9.74. The number of benzene rings is 2. The maximum absolute atomic E-state index is 13.1. The van der Waals surface area contributed by atoms with Gasteiger partial charge in [-0.15, -0.1) is 0 Å². The zero-order valence-electron chi connectivity index (χ0n) is 20.7. The average molecular weight is 540 g/mol. The molecule has 2 heterocycles. The Morgan fingerprint density at radius 3 is 2.26 bits per heavy atom. The summed E-state index contributed by atoms with van der Waals surface area (Å²) in [6.45, 7) is 4.04. The van der Waals surface area contributed by atoms with Gasteiger partial charge < -0.3 is 4.90 Å². The Bertz CT molecular complexity index is 1550. The third-order valence-electron chi connectivity index (χ3n) is 6.89. The van der Waals surface area contributed by atoms with E-state index in [1.165, 1.54) is 0 Å². The second-order valence-corrected chi connectivity index (χ2v) is 10.9. The molecule has 11 heteroatoms. The van der Waals surface area contributed by atoms with E-state index < -0.39 is 32.1 Å².